The molecule has 0 spiro atoms. The van der Waals surface area contributed by atoms with Crippen molar-refractivity contribution in [2.45, 2.75) is 12.8 Å². The van der Waals surface area contributed by atoms with Crippen molar-refractivity contribution in [3.05, 3.63) is 42.0 Å². The normalized spacial score (nSPS) is 20.9. The monoisotopic (exact) mass is 270 g/mol. The summed E-state index contributed by atoms with van der Waals surface area (Å²) in [5.74, 6) is -2.49. The van der Waals surface area contributed by atoms with Crippen LogP contribution in [0.2, 0.25) is 0 Å². The quantitative estimate of drug-likeness (QED) is 0.823. The van der Waals surface area contributed by atoms with Crippen molar-refractivity contribution in [1.29, 1.82) is 5.26 Å². The van der Waals surface area contributed by atoms with Crippen molar-refractivity contribution < 1.29 is 14.7 Å². The average molecular weight is 270 g/mol. The van der Waals surface area contributed by atoms with Gasteiger partial charge in [-0.05, 0) is 37.1 Å². The van der Waals surface area contributed by atoms with E-state index in [1.54, 1.807) is 30.3 Å². The Morgan fingerprint density at radius 3 is 2.30 bits per heavy atom. The smallest absolute Gasteiger partial charge is 0.307 e. The molecule has 0 saturated carbocycles. The van der Waals surface area contributed by atoms with Crippen molar-refractivity contribution >= 4 is 17.6 Å². The van der Waals surface area contributed by atoms with Gasteiger partial charge in [-0.2, -0.15) is 5.26 Å². The molecule has 5 heteroatoms. The number of carbonyl (C=O) groups is 2. The first-order valence-corrected chi connectivity index (χ1v) is 6.30. The molecule has 2 atom stereocenters. The Bertz CT molecular complexity index is 584. The molecule has 0 fully saturated rings. The van der Waals surface area contributed by atoms with Crippen LogP contribution in [0.15, 0.2) is 36.4 Å². The van der Waals surface area contributed by atoms with Crippen molar-refractivity contribution in [3.8, 4) is 6.07 Å². The molecule has 1 aliphatic rings. The number of rotatable bonds is 3. The van der Waals surface area contributed by atoms with Crippen LogP contribution in [0.4, 0.5) is 5.69 Å². The van der Waals surface area contributed by atoms with E-state index in [1.807, 2.05) is 12.1 Å². The summed E-state index contributed by atoms with van der Waals surface area (Å²) in [5, 5.41) is 20.5. The number of amides is 1. The number of hydrogen-bond donors (Lipinski definition) is 2. The number of carbonyl (C=O) groups excluding carboxylic acids is 1. The summed E-state index contributed by atoms with van der Waals surface area (Å²) in [6.45, 7) is 0. The van der Waals surface area contributed by atoms with E-state index in [0.717, 1.165) is 0 Å². The lowest BCUT2D eigenvalue weighted by Gasteiger charge is -2.24. The molecular formula is C15H14N2O3. The number of carboxylic acid groups (broad SMARTS) is 1. The zero-order chi connectivity index (χ0) is 14.5. The number of carboxylic acids is 1. The van der Waals surface area contributed by atoms with Gasteiger partial charge in [0, 0.05) is 5.69 Å². The molecule has 20 heavy (non-hydrogen) atoms. The molecule has 1 amide bonds. The van der Waals surface area contributed by atoms with Gasteiger partial charge >= 0.3 is 5.97 Å². The standard InChI is InChI=1S/C15H14N2O3/c16-9-10-5-7-11(8-6-10)17-14(18)12-3-1-2-4-13(12)15(19)20/h1-2,5-8,12-13H,3-4H2,(H,17,18)(H,19,20)/t12-,13+/m0/s1. The first-order valence-electron chi connectivity index (χ1n) is 6.30. The van der Waals surface area contributed by atoms with Gasteiger partial charge in [0.15, 0.2) is 0 Å². The van der Waals surface area contributed by atoms with Crippen LogP contribution in [0.3, 0.4) is 0 Å². The van der Waals surface area contributed by atoms with Gasteiger partial charge in [0.1, 0.15) is 0 Å². The maximum Gasteiger partial charge on any atom is 0.307 e. The molecule has 2 rings (SSSR count). The summed E-state index contributed by atoms with van der Waals surface area (Å²) in [6, 6.07) is 8.46. The van der Waals surface area contributed by atoms with E-state index in [0.29, 0.717) is 24.1 Å². The van der Waals surface area contributed by atoms with E-state index < -0.39 is 17.8 Å². The molecule has 0 saturated heterocycles. The Labute approximate surface area is 116 Å². The molecule has 0 aliphatic heterocycles. The van der Waals surface area contributed by atoms with E-state index >= 15 is 0 Å². The van der Waals surface area contributed by atoms with Gasteiger partial charge in [0.05, 0.1) is 23.5 Å². The maximum absolute atomic E-state index is 12.2. The fourth-order valence-electron chi connectivity index (χ4n) is 2.24. The number of anilines is 1. The van der Waals surface area contributed by atoms with Crippen LogP contribution in [0.25, 0.3) is 0 Å². The third-order valence-electron chi connectivity index (χ3n) is 3.37. The van der Waals surface area contributed by atoms with Crippen molar-refractivity contribution in [1.82, 2.24) is 0 Å². The molecule has 102 valence electrons. The molecule has 1 aromatic rings. The predicted octanol–water partition coefficient (Wildman–Crippen LogP) is 2.16. The first-order chi connectivity index (χ1) is 9.61. The minimum absolute atomic E-state index is 0.300. The van der Waals surface area contributed by atoms with E-state index in [9.17, 15) is 9.59 Å². The summed E-state index contributed by atoms with van der Waals surface area (Å²) in [4.78, 5) is 23.3. The van der Waals surface area contributed by atoms with Crippen LogP contribution in [-0.2, 0) is 9.59 Å². The van der Waals surface area contributed by atoms with Crippen LogP contribution in [0.1, 0.15) is 18.4 Å². The third kappa shape index (κ3) is 3.04. The van der Waals surface area contributed by atoms with Crippen LogP contribution >= 0.6 is 0 Å². The number of allylic oxidation sites excluding steroid dienone is 2. The van der Waals surface area contributed by atoms with Gasteiger partial charge in [0.2, 0.25) is 5.91 Å². The summed E-state index contributed by atoms with van der Waals surface area (Å²) in [7, 11) is 0. The summed E-state index contributed by atoms with van der Waals surface area (Å²) >= 11 is 0. The van der Waals surface area contributed by atoms with Gasteiger partial charge in [-0.15, -0.1) is 0 Å². The molecular weight excluding hydrogens is 256 g/mol. The fourth-order valence-corrected chi connectivity index (χ4v) is 2.24. The van der Waals surface area contributed by atoms with Crippen LogP contribution in [0, 0.1) is 23.2 Å². The molecule has 0 radical (unpaired) electrons. The highest BCUT2D eigenvalue weighted by Crippen LogP contribution is 2.27. The summed E-state index contributed by atoms with van der Waals surface area (Å²) in [6.07, 6.45) is 4.44. The summed E-state index contributed by atoms with van der Waals surface area (Å²) < 4.78 is 0. The molecule has 1 aromatic carbocycles. The van der Waals surface area contributed by atoms with Crippen molar-refractivity contribution in [2.24, 2.45) is 11.8 Å². The molecule has 2 N–H and O–H groups in total. The van der Waals surface area contributed by atoms with Gasteiger partial charge in [-0.1, -0.05) is 12.2 Å². The second-order valence-corrected chi connectivity index (χ2v) is 4.67. The Morgan fingerprint density at radius 2 is 1.75 bits per heavy atom. The number of nitriles is 1. The van der Waals surface area contributed by atoms with Crippen LogP contribution in [0.5, 0.6) is 0 Å². The Balaban J connectivity index is 2.08. The van der Waals surface area contributed by atoms with E-state index in [2.05, 4.69) is 5.32 Å². The Morgan fingerprint density at radius 1 is 1.15 bits per heavy atom. The largest absolute Gasteiger partial charge is 0.481 e. The second-order valence-electron chi connectivity index (χ2n) is 4.67. The predicted molar refractivity (Wildman–Crippen MR) is 72.8 cm³/mol. The topological polar surface area (TPSA) is 90.2 Å². The second kappa shape index (κ2) is 6.02. The molecule has 0 heterocycles. The SMILES string of the molecule is N#Cc1ccc(NC(=O)[C@H]2CC=CC[C@H]2C(=O)O)cc1. The zero-order valence-corrected chi connectivity index (χ0v) is 10.7. The number of nitrogens with zero attached hydrogens (tertiary/aromatic N) is 1. The number of benzene rings is 1. The Kier molecular flexibility index (Phi) is 4.16. The lowest BCUT2D eigenvalue weighted by Crippen LogP contribution is -2.34. The van der Waals surface area contributed by atoms with E-state index in [-0.39, 0.29) is 5.91 Å². The molecule has 0 bridgehead atoms. The van der Waals surface area contributed by atoms with E-state index in [4.69, 9.17) is 10.4 Å². The highest BCUT2D eigenvalue weighted by atomic mass is 16.4. The molecule has 0 unspecified atom stereocenters. The third-order valence-corrected chi connectivity index (χ3v) is 3.37. The van der Waals surface area contributed by atoms with Gasteiger partial charge in [-0.3, -0.25) is 9.59 Å². The average Bonchev–Trinajstić information content (AvgIpc) is 2.48. The highest BCUT2D eigenvalue weighted by Gasteiger charge is 2.33. The molecule has 0 aromatic heterocycles. The lowest BCUT2D eigenvalue weighted by atomic mass is 9.82. The number of aliphatic carboxylic acids is 1. The minimum Gasteiger partial charge on any atom is -0.481 e. The van der Waals surface area contributed by atoms with Gasteiger partial charge < -0.3 is 10.4 Å². The summed E-state index contributed by atoms with van der Waals surface area (Å²) in [5.41, 5.74) is 1.07. The van der Waals surface area contributed by atoms with E-state index in [1.165, 1.54) is 0 Å². The van der Waals surface area contributed by atoms with Gasteiger partial charge in [0.25, 0.3) is 0 Å². The van der Waals surface area contributed by atoms with Crippen LogP contribution < -0.4 is 5.32 Å². The van der Waals surface area contributed by atoms with Crippen molar-refractivity contribution in [2.75, 3.05) is 5.32 Å². The molecule has 5 nitrogen and oxygen atoms in total. The molecule has 1 aliphatic carbocycles. The number of hydrogen-bond acceptors (Lipinski definition) is 3. The highest BCUT2D eigenvalue weighted by molar-refractivity contribution is 5.95. The first kappa shape index (κ1) is 13.8. The minimum atomic E-state index is -0.950. The zero-order valence-electron chi connectivity index (χ0n) is 10.7. The maximum atomic E-state index is 12.2. The lowest BCUT2D eigenvalue weighted by molar-refractivity contribution is -0.146. The number of nitrogens with one attached hydrogen (secondary N) is 1. The van der Waals surface area contributed by atoms with Crippen molar-refractivity contribution in [3.63, 3.8) is 0 Å². The Hall–Kier alpha value is -2.61. The van der Waals surface area contributed by atoms with Gasteiger partial charge in [-0.25, -0.2) is 0 Å². The van der Waals surface area contributed by atoms with Crippen LogP contribution in [-0.4, -0.2) is 17.0 Å². The fraction of sp³-hybridized carbons (Fsp3) is 0.267.